The van der Waals surface area contributed by atoms with E-state index in [1.807, 2.05) is 19.1 Å². The molecule has 1 heterocycles. The van der Waals surface area contributed by atoms with E-state index in [0.717, 1.165) is 17.3 Å². The Morgan fingerprint density at radius 3 is 2.75 bits per heavy atom. The van der Waals surface area contributed by atoms with E-state index in [4.69, 9.17) is 17.3 Å². The highest BCUT2D eigenvalue weighted by Crippen LogP contribution is 2.21. The summed E-state index contributed by atoms with van der Waals surface area (Å²) in [5.74, 6) is -0.112. The lowest BCUT2D eigenvalue weighted by Gasteiger charge is -2.14. The fourth-order valence-corrected chi connectivity index (χ4v) is 3.37. The first-order chi connectivity index (χ1) is 13.4. The van der Waals surface area contributed by atoms with Gasteiger partial charge >= 0.3 is 0 Å². The Morgan fingerprint density at radius 1 is 1.25 bits per heavy atom. The number of para-hydroxylation sites is 1. The standard InChI is InChI=1S/C19H18ClN5O2S/c1-11(12-5-4-6-13(20)9-12)22-16(26)10-28-19-23-18(27)17(24-25-19)14-7-2-3-8-15(14)21/h2-9,11H,10,21H2,1H3,(H,22,26)(H,23,25,27)/t11-/m0/s1. The molecule has 0 unspecified atom stereocenters. The number of H-pyrrole nitrogens is 1. The van der Waals surface area contributed by atoms with Crippen molar-refractivity contribution >= 4 is 35.0 Å². The normalized spacial score (nSPS) is 11.8. The smallest absolute Gasteiger partial charge is 0.278 e. The zero-order valence-electron chi connectivity index (χ0n) is 15.0. The molecule has 1 aromatic heterocycles. The molecule has 0 spiro atoms. The number of anilines is 1. The number of thioether (sulfide) groups is 1. The van der Waals surface area contributed by atoms with Crippen LogP contribution < -0.4 is 16.6 Å². The molecule has 0 aliphatic rings. The average molecular weight is 416 g/mol. The minimum Gasteiger partial charge on any atom is -0.398 e. The zero-order chi connectivity index (χ0) is 20.1. The Balaban J connectivity index is 1.62. The molecule has 0 radical (unpaired) electrons. The Kier molecular flexibility index (Phi) is 6.33. The summed E-state index contributed by atoms with van der Waals surface area (Å²) < 4.78 is 0. The molecule has 1 amide bonds. The van der Waals surface area contributed by atoms with Crippen molar-refractivity contribution in [2.75, 3.05) is 11.5 Å². The number of hydrogen-bond acceptors (Lipinski definition) is 6. The third-order valence-electron chi connectivity index (χ3n) is 3.96. The van der Waals surface area contributed by atoms with Crippen molar-refractivity contribution in [1.29, 1.82) is 0 Å². The summed E-state index contributed by atoms with van der Waals surface area (Å²) >= 11 is 7.07. The molecule has 144 valence electrons. The van der Waals surface area contributed by atoms with Crippen LogP contribution in [-0.2, 0) is 4.79 Å². The Hall–Kier alpha value is -2.84. The van der Waals surface area contributed by atoms with Crippen LogP contribution in [0.2, 0.25) is 5.02 Å². The van der Waals surface area contributed by atoms with Crippen LogP contribution in [0.3, 0.4) is 0 Å². The van der Waals surface area contributed by atoms with Crippen LogP contribution in [0.4, 0.5) is 5.69 Å². The van der Waals surface area contributed by atoms with Gasteiger partial charge in [0.05, 0.1) is 11.8 Å². The molecule has 7 nitrogen and oxygen atoms in total. The molecule has 1 atom stereocenters. The van der Waals surface area contributed by atoms with E-state index in [0.29, 0.717) is 16.3 Å². The number of nitrogens with zero attached hydrogens (tertiary/aromatic N) is 2. The highest BCUT2D eigenvalue weighted by molar-refractivity contribution is 7.99. The van der Waals surface area contributed by atoms with Crippen LogP contribution in [0.25, 0.3) is 11.3 Å². The Bertz CT molecular complexity index is 1060. The number of rotatable bonds is 6. The summed E-state index contributed by atoms with van der Waals surface area (Å²) in [7, 11) is 0. The van der Waals surface area contributed by atoms with Crippen molar-refractivity contribution in [3.63, 3.8) is 0 Å². The van der Waals surface area contributed by atoms with Crippen molar-refractivity contribution in [2.45, 2.75) is 18.1 Å². The second kappa shape index (κ2) is 8.90. The number of nitrogen functional groups attached to an aromatic ring is 1. The number of aromatic nitrogens is 3. The SMILES string of the molecule is C[C@H](NC(=O)CSc1nnc(-c2ccccc2N)c(=O)[nH]1)c1cccc(Cl)c1. The fourth-order valence-electron chi connectivity index (χ4n) is 2.55. The third-order valence-corrected chi connectivity index (χ3v) is 5.06. The maximum absolute atomic E-state index is 12.3. The number of amides is 1. The quantitative estimate of drug-likeness (QED) is 0.421. The first-order valence-electron chi connectivity index (χ1n) is 8.43. The van der Waals surface area contributed by atoms with E-state index in [1.54, 1.807) is 36.4 Å². The van der Waals surface area contributed by atoms with Gasteiger partial charge in [0.1, 0.15) is 0 Å². The molecular weight excluding hydrogens is 398 g/mol. The molecule has 4 N–H and O–H groups in total. The second-order valence-corrected chi connectivity index (χ2v) is 7.43. The molecule has 0 fully saturated rings. The van der Waals surface area contributed by atoms with E-state index in [9.17, 15) is 9.59 Å². The molecular formula is C19H18ClN5O2S. The first-order valence-corrected chi connectivity index (χ1v) is 9.80. The summed E-state index contributed by atoms with van der Waals surface area (Å²) in [6, 6.07) is 14.0. The topological polar surface area (TPSA) is 114 Å². The summed E-state index contributed by atoms with van der Waals surface area (Å²) in [6.45, 7) is 1.87. The van der Waals surface area contributed by atoms with Gasteiger partial charge in [-0.05, 0) is 30.7 Å². The monoisotopic (exact) mass is 415 g/mol. The van der Waals surface area contributed by atoms with Gasteiger partial charge in [-0.1, -0.05) is 53.7 Å². The number of carbonyl (C=O) groups excluding carboxylic acids is 1. The number of halogens is 1. The van der Waals surface area contributed by atoms with Crippen LogP contribution in [-0.4, -0.2) is 26.8 Å². The van der Waals surface area contributed by atoms with Gasteiger partial charge in [0.25, 0.3) is 5.56 Å². The van der Waals surface area contributed by atoms with Gasteiger partial charge in [-0.15, -0.1) is 10.2 Å². The Labute approximate surface area is 170 Å². The highest BCUT2D eigenvalue weighted by Gasteiger charge is 2.13. The largest absolute Gasteiger partial charge is 0.398 e. The first kappa shape index (κ1) is 19.9. The lowest BCUT2D eigenvalue weighted by molar-refractivity contribution is -0.119. The lowest BCUT2D eigenvalue weighted by atomic mass is 10.1. The minimum atomic E-state index is -0.414. The number of benzene rings is 2. The molecule has 9 heteroatoms. The van der Waals surface area contributed by atoms with E-state index < -0.39 is 5.56 Å². The van der Waals surface area contributed by atoms with Crippen LogP contribution >= 0.6 is 23.4 Å². The summed E-state index contributed by atoms with van der Waals surface area (Å²) in [6.07, 6.45) is 0. The van der Waals surface area contributed by atoms with Gasteiger partial charge in [-0.25, -0.2) is 0 Å². The maximum Gasteiger partial charge on any atom is 0.278 e. The molecule has 28 heavy (non-hydrogen) atoms. The molecule has 3 rings (SSSR count). The third kappa shape index (κ3) is 4.90. The predicted molar refractivity (Wildman–Crippen MR) is 111 cm³/mol. The van der Waals surface area contributed by atoms with E-state index in [2.05, 4.69) is 20.5 Å². The number of nitrogens with one attached hydrogen (secondary N) is 2. The second-order valence-electron chi connectivity index (χ2n) is 6.03. The van der Waals surface area contributed by atoms with Crippen molar-refractivity contribution in [2.24, 2.45) is 0 Å². The van der Waals surface area contributed by atoms with E-state index in [1.165, 1.54) is 0 Å². The van der Waals surface area contributed by atoms with Crippen molar-refractivity contribution in [3.8, 4) is 11.3 Å². The van der Waals surface area contributed by atoms with Gasteiger partial charge in [0.2, 0.25) is 5.91 Å². The number of carbonyl (C=O) groups is 1. The summed E-state index contributed by atoms with van der Waals surface area (Å²) in [4.78, 5) is 27.1. The molecule has 3 aromatic rings. The minimum absolute atomic E-state index is 0.0857. The fraction of sp³-hybridized carbons (Fsp3) is 0.158. The Morgan fingerprint density at radius 2 is 2.04 bits per heavy atom. The molecule has 2 aromatic carbocycles. The van der Waals surface area contributed by atoms with Crippen LogP contribution in [0.5, 0.6) is 0 Å². The van der Waals surface area contributed by atoms with Crippen LogP contribution in [0.15, 0.2) is 58.5 Å². The van der Waals surface area contributed by atoms with Gasteiger partial charge in [-0.3, -0.25) is 14.6 Å². The van der Waals surface area contributed by atoms with Crippen molar-refractivity contribution in [3.05, 3.63) is 69.5 Å². The molecule has 0 aliphatic carbocycles. The average Bonchev–Trinajstić information content (AvgIpc) is 2.67. The van der Waals surface area contributed by atoms with Crippen molar-refractivity contribution < 1.29 is 4.79 Å². The zero-order valence-corrected chi connectivity index (χ0v) is 16.6. The van der Waals surface area contributed by atoms with E-state index in [-0.39, 0.29) is 28.6 Å². The lowest BCUT2D eigenvalue weighted by Crippen LogP contribution is -2.28. The molecule has 0 aliphatic heterocycles. The van der Waals surface area contributed by atoms with Gasteiger partial charge in [0.15, 0.2) is 10.9 Å². The highest BCUT2D eigenvalue weighted by atomic mass is 35.5. The van der Waals surface area contributed by atoms with E-state index >= 15 is 0 Å². The number of aromatic amines is 1. The van der Waals surface area contributed by atoms with Gasteiger partial charge in [-0.2, -0.15) is 0 Å². The molecule has 0 saturated carbocycles. The van der Waals surface area contributed by atoms with Crippen LogP contribution in [0.1, 0.15) is 18.5 Å². The van der Waals surface area contributed by atoms with Gasteiger partial charge in [0, 0.05) is 16.3 Å². The van der Waals surface area contributed by atoms with Crippen LogP contribution in [0, 0.1) is 0 Å². The predicted octanol–water partition coefficient (Wildman–Crippen LogP) is 3.04. The summed E-state index contributed by atoms with van der Waals surface area (Å²) in [5.41, 5.74) is 7.46. The molecule has 0 saturated heterocycles. The molecule has 0 bridgehead atoms. The van der Waals surface area contributed by atoms with Gasteiger partial charge < -0.3 is 11.1 Å². The number of nitrogens with two attached hydrogens (primary N) is 1. The number of hydrogen-bond donors (Lipinski definition) is 3. The van der Waals surface area contributed by atoms with Crippen molar-refractivity contribution in [1.82, 2.24) is 20.5 Å². The summed E-state index contributed by atoms with van der Waals surface area (Å²) in [5, 5.41) is 11.7. The maximum atomic E-state index is 12.3.